The van der Waals surface area contributed by atoms with Crippen LogP contribution in [0.4, 0.5) is 11.4 Å². The standard InChI is InChI=1S/C17H13N3O5/c1-9-4-3-5-12(14(9)20(24)25)15(21)18-10-6-7-11-13(8-10)17(23)19(2)16(11)22/h3-8H,1-2H3,(H,18,21). The Labute approximate surface area is 142 Å². The van der Waals surface area contributed by atoms with E-state index in [1.54, 1.807) is 19.1 Å². The van der Waals surface area contributed by atoms with Crippen LogP contribution >= 0.6 is 0 Å². The molecule has 0 radical (unpaired) electrons. The van der Waals surface area contributed by atoms with Gasteiger partial charge in [-0.05, 0) is 31.2 Å². The van der Waals surface area contributed by atoms with Gasteiger partial charge in [0.05, 0.1) is 16.1 Å². The fourth-order valence-corrected chi connectivity index (χ4v) is 2.72. The number of hydrogen-bond acceptors (Lipinski definition) is 5. The molecule has 25 heavy (non-hydrogen) atoms. The molecule has 8 nitrogen and oxygen atoms in total. The number of aryl methyl sites for hydroxylation is 1. The summed E-state index contributed by atoms with van der Waals surface area (Å²) in [6.07, 6.45) is 0. The number of carbonyl (C=O) groups is 3. The molecule has 1 aliphatic rings. The molecule has 8 heteroatoms. The zero-order chi connectivity index (χ0) is 18.3. The summed E-state index contributed by atoms with van der Waals surface area (Å²) in [5, 5.41) is 13.7. The quantitative estimate of drug-likeness (QED) is 0.524. The summed E-state index contributed by atoms with van der Waals surface area (Å²) < 4.78 is 0. The molecule has 0 unspecified atom stereocenters. The van der Waals surface area contributed by atoms with Crippen molar-refractivity contribution in [1.29, 1.82) is 0 Å². The second kappa shape index (κ2) is 5.82. The molecule has 1 N–H and O–H groups in total. The Morgan fingerprint density at radius 3 is 2.48 bits per heavy atom. The van der Waals surface area contributed by atoms with Gasteiger partial charge in [0, 0.05) is 18.3 Å². The lowest BCUT2D eigenvalue weighted by Crippen LogP contribution is -2.24. The number of nitrogens with one attached hydrogen (secondary N) is 1. The van der Waals surface area contributed by atoms with Gasteiger partial charge in [-0.15, -0.1) is 0 Å². The normalized spacial score (nSPS) is 13.0. The third-order valence-electron chi connectivity index (χ3n) is 4.01. The summed E-state index contributed by atoms with van der Waals surface area (Å²) in [5.41, 5.74) is 0.734. The molecule has 0 saturated carbocycles. The molecular formula is C17H13N3O5. The minimum atomic E-state index is -0.666. The van der Waals surface area contributed by atoms with E-state index in [2.05, 4.69) is 5.32 Å². The number of amides is 3. The lowest BCUT2D eigenvalue weighted by atomic mass is 10.1. The van der Waals surface area contributed by atoms with Crippen LogP contribution in [0.5, 0.6) is 0 Å². The lowest BCUT2D eigenvalue weighted by molar-refractivity contribution is -0.385. The third kappa shape index (κ3) is 2.63. The minimum absolute atomic E-state index is 0.0787. The van der Waals surface area contributed by atoms with Gasteiger partial charge in [-0.3, -0.25) is 29.4 Å². The van der Waals surface area contributed by atoms with E-state index in [1.807, 2.05) is 0 Å². The van der Waals surface area contributed by atoms with E-state index in [0.29, 0.717) is 5.56 Å². The average molecular weight is 339 g/mol. The van der Waals surface area contributed by atoms with Crippen LogP contribution in [0, 0.1) is 17.0 Å². The molecule has 3 rings (SSSR count). The first-order chi connectivity index (χ1) is 11.8. The molecule has 2 aromatic rings. The van der Waals surface area contributed by atoms with E-state index >= 15 is 0 Å². The first-order valence-corrected chi connectivity index (χ1v) is 7.33. The number of nitro benzene ring substituents is 1. The average Bonchev–Trinajstić information content (AvgIpc) is 2.78. The van der Waals surface area contributed by atoms with E-state index in [1.165, 1.54) is 31.3 Å². The molecule has 2 aromatic carbocycles. The number of nitrogens with zero attached hydrogens (tertiary/aromatic N) is 2. The lowest BCUT2D eigenvalue weighted by Gasteiger charge is -2.08. The number of nitro groups is 1. The Kier molecular flexibility index (Phi) is 3.80. The first kappa shape index (κ1) is 16.3. The van der Waals surface area contributed by atoms with Crippen LogP contribution in [0.15, 0.2) is 36.4 Å². The summed E-state index contributed by atoms with van der Waals surface area (Å²) in [5.74, 6) is -1.54. The molecule has 0 bridgehead atoms. The van der Waals surface area contributed by atoms with E-state index < -0.39 is 22.6 Å². The van der Waals surface area contributed by atoms with Gasteiger partial charge in [0.1, 0.15) is 5.56 Å². The Balaban J connectivity index is 1.94. The number of fused-ring (bicyclic) bond motifs is 1. The van der Waals surface area contributed by atoms with Crippen molar-refractivity contribution in [3.8, 4) is 0 Å². The monoisotopic (exact) mass is 339 g/mol. The van der Waals surface area contributed by atoms with Crippen molar-refractivity contribution >= 4 is 29.1 Å². The summed E-state index contributed by atoms with van der Waals surface area (Å²) in [6.45, 7) is 1.55. The van der Waals surface area contributed by atoms with Gasteiger partial charge in [0.15, 0.2) is 0 Å². The van der Waals surface area contributed by atoms with Crippen LogP contribution in [0.2, 0.25) is 0 Å². The van der Waals surface area contributed by atoms with E-state index in [0.717, 1.165) is 4.90 Å². The first-order valence-electron chi connectivity index (χ1n) is 7.33. The van der Waals surface area contributed by atoms with E-state index in [9.17, 15) is 24.5 Å². The molecule has 1 heterocycles. The van der Waals surface area contributed by atoms with Crippen LogP contribution in [0.3, 0.4) is 0 Å². The Morgan fingerprint density at radius 1 is 1.12 bits per heavy atom. The molecule has 0 fully saturated rings. The molecule has 3 amide bonds. The van der Waals surface area contributed by atoms with Crippen molar-refractivity contribution in [2.45, 2.75) is 6.92 Å². The van der Waals surface area contributed by atoms with Gasteiger partial charge in [-0.2, -0.15) is 0 Å². The molecule has 0 aliphatic carbocycles. The summed E-state index contributed by atoms with van der Waals surface area (Å²) in [6, 6.07) is 8.76. The van der Waals surface area contributed by atoms with Crippen LogP contribution in [0.25, 0.3) is 0 Å². The highest BCUT2D eigenvalue weighted by atomic mass is 16.6. The Hall–Kier alpha value is -3.55. The van der Waals surface area contributed by atoms with E-state index in [4.69, 9.17) is 0 Å². The predicted octanol–water partition coefficient (Wildman–Crippen LogP) is 2.38. The number of benzene rings is 2. The second-order valence-corrected chi connectivity index (χ2v) is 5.61. The zero-order valence-electron chi connectivity index (χ0n) is 13.4. The topological polar surface area (TPSA) is 110 Å². The van der Waals surface area contributed by atoms with Crippen molar-refractivity contribution in [3.63, 3.8) is 0 Å². The highest BCUT2D eigenvalue weighted by Crippen LogP contribution is 2.27. The van der Waals surface area contributed by atoms with Crippen molar-refractivity contribution in [2.24, 2.45) is 0 Å². The molecular weight excluding hydrogens is 326 g/mol. The largest absolute Gasteiger partial charge is 0.322 e. The van der Waals surface area contributed by atoms with Gasteiger partial charge in [0.2, 0.25) is 0 Å². The van der Waals surface area contributed by atoms with E-state index in [-0.39, 0.29) is 28.1 Å². The number of imide groups is 1. The maximum Gasteiger partial charge on any atom is 0.285 e. The summed E-state index contributed by atoms with van der Waals surface area (Å²) in [4.78, 5) is 47.9. The van der Waals surface area contributed by atoms with Gasteiger partial charge in [-0.25, -0.2) is 0 Å². The fraction of sp³-hybridized carbons (Fsp3) is 0.118. The molecule has 0 spiro atoms. The van der Waals surface area contributed by atoms with Crippen LogP contribution in [-0.4, -0.2) is 34.6 Å². The van der Waals surface area contributed by atoms with Crippen molar-refractivity contribution < 1.29 is 19.3 Å². The van der Waals surface area contributed by atoms with Crippen LogP contribution in [0.1, 0.15) is 36.6 Å². The van der Waals surface area contributed by atoms with Gasteiger partial charge < -0.3 is 5.32 Å². The van der Waals surface area contributed by atoms with Crippen molar-refractivity contribution in [2.75, 3.05) is 12.4 Å². The second-order valence-electron chi connectivity index (χ2n) is 5.61. The third-order valence-corrected chi connectivity index (χ3v) is 4.01. The summed E-state index contributed by atoms with van der Waals surface area (Å²) in [7, 11) is 1.37. The predicted molar refractivity (Wildman–Crippen MR) is 88.7 cm³/mol. The van der Waals surface area contributed by atoms with Crippen LogP contribution < -0.4 is 5.32 Å². The smallest absolute Gasteiger partial charge is 0.285 e. The SMILES string of the molecule is Cc1cccc(C(=O)Nc2ccc3c(c2)C(=O)N(C)C3=O)c1[N+](=O)[O-]. The van der Waals surface area contributed by atoms with Crippen molar-refractivity contribution in [1.82, 2.24) is 4.90 Å². The number of hydrogen-bond donors (Lipinski definition) is 1. The number of rotatable bonds is 3. The minimum Gasteiger partial charge on any atom is -0.322 e. The fourth-order valence-electron chi connectivity index (χ4n) is 2.72. The summed E-state index contributed by atoms with van der Waals surface area (Å²) >= 11 is 0. The maximum absolute atomic E-state index is 12.4. The Bertz CT molecular complexity index is 951. The number of anilines is 1. The van der Waals surface area contributed by atoms with Crippen LogP contribution in [-0.2, 0) is 0 Å². The highest BCUT2D eigenvalue weighted by Gasteiger charge is 2.33. The zero-order valence-corrected chi connectivity index (χ0v) is 13.4. The number of carbonyl (C=O) groups excluding carboxylic acids is 3. The van der Waals surface area contributed by atoms with Gasteiger partial charge in [0.25, 0.3) is 23.4 Å². The van der Waals surface area contributed by atoms with Gasteiger partial charge >= 0.3 is 0 Å². The van der Waals surface area contributed by atoms with Gasteiger partial charge in [-0.1, -0.05) is 12.1 Å². The maximum atomic E-state index is 12.4. The molecule has 126 valence electrons. The number of para-hydroxylation sites is 1. The molecule has 0 aromatic heterocycles. The highest BCUT2D eigenvalue weighted by molar-refractivity contribution is 6.21. The molecule has 0 atom stereocenters. The Morgan fingerprint density at radius 2 is 1.80 bits per heavy atom. The molecule has 1 aliphatic heterocycles. The molecule has 0 saturated heterocycles. The van der Waals surface area contributed by atoms with Crippen molar-refractivity contribution in [3.05, 3.63) is 68.8 Å².